The molecule has 0 fully saturated rings. The van der Waals surface area contributed by atoms with E-state index in [1.165, 1.54) is 0 Å². The Labute approximate surface area is 111 Å². The molecule has 1 unspecified atom stereocenters. The van der Waals surface area contributed by atoms with Crippen molar-refractivity contribution < 1.29 is 33.6 Å². The van der Waals surface area contributed by atoms with Gasteiger partial charge in [-0.15, -0.1) is 0 Å². The monoisotopic (exact) mass is 279 g/mol. The maximum absolute atomic E-state index is 10.3. The van der Waals surface area contributed by atoms with Crippen LogP contribution in [0.1, 0.15) is 6.42 Å². The first-order chi connectivity index (χ1) is 9.18. The minimum absolute atomic E-state index is 0.113. The molecule has 3 N–H and O–H groups in total. The van der Waals surface area contributed by atoms with Crippen LogP contribution < -0.4 is 5.73 Å². The van der Waals surface area contributed by atoms with Crippen molar-refractivity contribution in [2.75, 3.05) is 46.2 Å². The highest BCUT2D eigenvalue weighted by Gasteiger charge is 2.10. The molecule has 0 heterocycles. The van der Waals surface area contributed by atoms with Crippen molar-refractivity contribution in [3.63, 3.8) is 0 Å². The average molecular weight is 279 g/mol. The minimum Gasteiger partial charge on any atom is -0.478 e. The summed E-state index contributed by atoms with van der Waals surface area (Å²) in [6.07, 6.45) is -0.127. The Morgan fingerprint density at radius 3 is 1.95 bits per heavy atom. The molecule has 0 aliphatic carbocycles. The molecule has 0 aliphatic heterocycles. The van der Waals surface area contributed by atoms with Crippen molar-refractivity contribution in [3.8, 4) is 0 Å². The summed E-state index contributed by atoms with van der Waals surface area (Å²) in [6, 6.07) is 0. The summed E-state index contributed by atoms with van der Waals surface area (Å²) in [5, 5.41) is 8.42. The van der Waals surface area contributed by atoms with Gasteiger partial charge >= 0.3 is 5.97 Å². The molecule has 0 aliphatic rings. The number of nitrogens with two attached hydrogens (primary N) is 1. The van der Waals surface area contributed by atoms with Gasteiger partial charge in [-0.05, 0) is 0 Å². The molecule has 0 spiro atoms. The van der Waals surface area contributed by atoms with Gasteiger partial charge in [0.05, 0.1) is 46.2 Å². The van der Waals surface area contributed by atoms with Crippen molar-refractivity contribution in [2.24, 2.45) is 5.73 Å². The van der Waals surface area contributed by atoms with Gasteiger partial charge in [0, 0.05) is 6.42 Å². The molecular formula is C11H21NO7. The van der Waals surface area contributed by atoms with Gasteiger partial charge in [-0.1, -0.05) is 0 Å². The molecule has 0 aromatic rings. The molecule has 0 aromatic carbocycles. The molecule has 8 nitrogen and oxygen atoms in total. The molecule has 0 aromatic heterocycles. The van der Waals surface area contributed by atoms with E-state index in [0.29, 0.717) is 39.5 Å². The lowest BCUT2D eigenvalue weighted by Crippen LogP contribution is -2.34. The van der Waals surface area contributed by atoms with E-state index in [1.54, 1.807) is 0 Å². The van der Waals surface area contributed by atoms with E-state index in [9.17, 15) is 9.59 Å². The van der Waals surface area contributed by atoms with Crippen LogP contribution in [0.4, 0.5) is 0 Å². The van der Waals surface area contributed by atoms with Gasteiger partial charge in [0.2, 0.25) is 6.23 Å². The number of hydrogen-bond acceptors (Lipinski definition) is 7. The lowest BCUT2D eigenvalue weighted by molar-refractivity contribution is -0.151. The zero-order valence-electron chi connectivity index (χ0n) is 10.8. The zero-order valence-corrected chi connectivity index (χ0v) is 10.8. The Kier molecular flexibility index (Phi) is 12.6. The maximum atomic E-state index is 10.3. The number of carboxylic acid groups (broad SMARTS) is 1. The van der Waals surface area contributed by atoms with Gasteiger partial charge in [-0.2, -0.15) is 0 Å². The predicted octanol–water partition coefficient (Wildman–Crippen LogP) is -0.989. The quantitative estimate of drug-likeness (QED) is 0.236. The van der Waals surface area contributed by atoms with Gasteiger partial charge in [0.15, 0.2) is 0 Å². The van der Waals surface area contributed by atoms with Gasteiger partial charge in [-0.3, -0.25) is 5.73 Å². The number of carbonyl (C=O) groups excluding carboxylic acids is 1. The second kappa shape index (κ2) is 13.4. The zero-order chi connectivity index (χ0) is 14.3. The van der Waals surface area contributed by atoms with Crippen molar-refractivity contribution in [2.45, 2.75) is 12.6 Å². The number of hydrogen-bond donors (Lipinski definition) is 2. The molecule has 1 atom stereocenters. The number of rotatable bonds is 14. The highest BCUT2D eigenvalue weighted by atomic mass is 16.6. The predicted molar refractivity (Wildman–Crippen MR) is 64.7 cm³/mol. The third kappa shape index (κ3) is 13.2. The lowest BCUT2D eigenvalue weighted by atomic mass is 10.5. The highest BCUT2D eigenvalue weighted by Crippen LogP contribution is 1.86. The van der Waals surface area contributed by atoms with E-state index in [0.717, 1.165) is 6.29 Å². The summed E-state index contributed by atoms with van der Waals surface area (Å²) < 4.78 is 20.1. The summed E-state index contributed by atoms with van der Waals surface area (Å²) in [5.74, 6) is -1.21. The first kappa shape index (κ1) is 17.9. The van der Waals surface area contributed by atoms with Crippen molar-refractivity contribution in [3.05, 3.63) is 0 Å². The average Bonchev–Trinajstić information content (AvgIpc) is 2.39. The van der Waals surface area contributed by atoms with Crippen LogP contribution in [0.2, 0.25) is 0 Å². The minimum atomic E-state index is -1.32. The maximum Gasteiger partial charge on any atom is 0.347 e. The number of aldehydes is 1. The van der Waals surface area contributed by atoms with Crippen LogP contribution in [0.5, 0.6) is 0 Å². The summed E-state index contributed by atoms with van der Waals surface area (Å²) in [4.78, 5) is 20.3. The van der Waals surface area contributed by atoms with Crippen LogP contribution >= 0.6 is 0 Å². The Hall–Kier alpha value is -1.06. The van der Waals surface area contributed by atoms with Gasteiger partial charge in [0.1, 0.15) is 6.29 Å². The number of aliphatic carboxylic acids is 1. The van der Waals surface area contributed by atoms with Crippen molar-refractivity contribution in [1.82, 2.24) is 0 Å². The number of carbonyl (C=O) groups is 2. The normalized spacial score (nSPS) is 12.3. The van der Waals surface area contributed by atoms with Crippen molar-refractivity contribution >= 4 is 12.3 Å². The fraction of sp³-hybridized carbons (Fsp3) is 0.818. The lowest BCUT2D eigenvalue weighted by Gasteiger charge is -2.09. The van der Waals surface area contributed by atoms with E-state index in [2.05, 4.69) is 0 Å². The highest BCUT2D eigenvalue weighted by molar-refractivity contribution is 5.71. The standard InChI is InChI=1S/C11H21NO7/c12-10(11(14)15)19-9-8-18-7-6-17-5-4-16-3-1-2-13/h2,10H,1,3-9,12H2,(H,14,15). The van der Waals surface area contributed by atoms with Crippen LogP contribution in [-0.4, -0.2) is 69.8 Å². The molecule has 112 valence electrons. The van der Waals surface area contributed by atoms with E-state index in [4.69, 9.17) is 29.8 Å². The molecule has 0 bridgehead atoms. The number of carboxylic acids is 1. The fourth-order valence-electron chi connectivity index (χ4n) is 0.979. The van der Waals surface area contributed by atoms with Crippen molar-refractivity contribution in [1.29, 1.82) is 0 Å². The van der Waals surface area contributed by atoms with Gasteiger partial charge < -0.3 is 28.8 Å². The largest absolute Gasteiger partial charge is 0.478 e. The van der Waals surface area contributed by atoms with E-state index in [-0.39, 0.29) is 13.2 Å². The molecule has 0 amide bonds. The van der Waals surface area contributed by atoms with Crippen LogP contribution in [0, 0.1) is 0 Å². The summed E-state index contributed by atoms with van der Waals surface area (Å²) >= 11 is 0. The molecule has 0 radical (unpaired) electrons. The Balaban J connectivity index is 3.07. The fourth-order valence-corrected chi connectivity index (χ4v) is 0.979. The molecule has 8 heteroatoms. The smallest absolute Gasteiger partial charge is 0.347 e. The van der Waals surface area contributed by atoms with Gasteiger partial charge in [0.25, 0.3) is 0 Å². The second-order valence-electron chi connectivity index (χ2n) is 3.42. The SMILES string of the molecule is NC(OCCOCCOCCOCCC=O)C(=O)O. The van der Waals surface area contributed by atoms with Crippen LogP contribution in [0.15, 0.2) is 0 Å². The first-order valence-corrected chi connectivity index (χ1v) is 5.95. The molecule has 19 heavy (non-hydrogen) atoms. The summed E-state index contributed by atoms with van der Waals surface area (Å²) in [7, 11) is 0. The van der Waals surface area contributed by atoms with Gasteiger partial charge in [-0.25, -0.2) is 4.79 Å². The van der Waals surface area contributed by atoms with E-state index in [1.807, 2.05) is 0 Å². The van der Waals surface area contributed by atoms with Crippen LogP contribution in [0.3, 0.4) is 0 Å². The molecule has 0 saturated heterocycles. The Bertz CT molecular complexity index is 237. The van der Waals surface area contributed by atoms with E-state index >= 15 is 0 Å². The molecule has 0 saturated carbocycles. The Morgan fingerprint density at radius 1 is 1.00 bits per heavy atom. The van der Waals surface area contributed by atoms with E-state index < -0.39 is 12.2 Å². The topological polar surface area (TPSA) is 117 Å². The Morgan fingerprint density at radius 2 is 1.47 bits per heavy atom. The van der Waals surface area contributed by atoms with Crippen LogP contribution in [0.25, 0.3) is 0 Å². The third-order valence-electron chi connectivity index (χ3n) is 1.89. The van der Waals surface area contributed by atoms with Crippen LogP contribution in [-0.2, 0) is 28.5 Å². The first-order valence-electron chi connectivity index (χ1n) is 5.95. The number of ether oxygens (including phenoxy) is 4. The third-order valence-corrected chi connectivity index (χ3v) is 1.89. The molecule has 0 rings (SSSR count). The second-order valence-corrected chi connectivity index (χ2v) is 3.42. The molecular weight excluding hydrogens is 258 g/mol. The summed E-state index contributed by atoms with van der Waals surface area (Å²) in [5.41, 5.74) is 5.11. The summed E-state index contributed by atoms with van der Waals surface area (Å²) in [6.45, 7) is 2.42.